The second kappa shape index (κ2) is 3.87. The molecular weight excluding hydrogens is 180 g/mol. The standard InChI is InChI=1S/C10H20N2O2/c1-8(2)11(4)9(13)5-12-6-10(3,14)7-12/h8,14H,5-7H2,1-4H3. The minimum Gasteiger partial charge on any atom is -0.388 e. The van der Waals surface area contributed by atoms with Gasteiger partial charge in [0.15, 0.2) is 0 Å². The van der Waals surface area contributed by atoms with Crippen LogP contribution < -0.4 is 0 Å². The topological polar surface area (TPSA) is 43.8 Å². The molecule has 0 aliphatic carbocycles. The van der Waals surface area contributed by atoms with Gasteiger partial charge in [0.2, 0.25) is 5.91 Å². The molecule has 4 heteroatoms. The van der Waals surface area contributed by atoms with Crippen LogP contribution in [0, 0.1) is 0 Å². The molecule has 1 fully saturated rings. The molecular formula is C10H20N2O2. The summed E-state index contributed by atoms with van der Waals surface area (Å²) < 4.78 is 0. The number of likely N-dealkylation sites (tertiary alicyclic amines) is 1. The number of carbonyl (C=O) groups is 1. The Morgan fingerprint density at radius 3 is 2.43 bits per heavy atom. The first-order valence-corrected chi connectivity index (χ1v) is 5.02. The molecule has 4 nitrogen and oxygen atoms in total. The van der Waals surface area contributed by atoms with E-state index in [0.29, 0.717) is 19.6 Å². The first-order chi connectivity index (χ1) is 6.32. The fraction of sp³-hybridized carbons (Fsp3) is 0.900. The molecule has 1 heterocycles. The Kier molecular flexibility index (Phi) is 3.17. The predicted octanol–water partition coefficient (Wildman–Crippen LogP) is -0.0802. The van der Waals surface area contributed by atoms with E-state index in [4.69, 9.17) is 0 Å². The van der Waals surface area contributed by atoms with Crippen molar-refractivity contribution in [1.82, 2.24) is 9.80 Å². The Bertz CT molecular complexity index is 218. The van der Waals surface area contributed by atoms with Gasteiger partial charge in [-0.2, -0.15) is 0 Å². The second-order valence-electron chi connectivity index (χ2n) is 4.74. The molecule has 1 N–H and O–H groups in total. The number of hydrogen-bond acceptors (Lipinski definition) is 3. The fourth-order valence-electron chi connectivity index (χ4n) is 1.62. The van der Waals surface area contributed by atoms with Crippen molar-refractivity contribution in [2.45, 2.75) is 32.4 Å². The van der Waals surface area contributed by atoms with Gasteiger partial charge in [0.25, 0.3) is 0 Å². The largest absolute Gasteiger partial charge is 0.388 e. The van der Waals surface area contributed by atoms with Gasteiger partial charge >= 0.3 is 0 Å². The average Bonchev–Trinajstić information content (AvgIpc) is 1.99. The van der Waals surface area contributed by atoms with Crippen molar-refractivity contribution < 1.29 is 9.90 Å². The molecule has 0 radical (unpaired) electrons. The molecule has 0 spiro atoms. The Morgan fingerprint density at radius 1 is 1.57 bits per heavy atom. The third-order valence-corrected chi connectivity index (χ3v) is 2.66. The van der Waals surface area contributed by atoms with Crippen LogP contribution in [0.2, 0.25) is 0 Å². The van der Waals surface area contributed by atoms with Crippen molar-refractivity contribution in [3.05, 3.63) is 0 Å². The molecule has 1 aliphatic rings. The number of β-amino-alcohol motifs (C(OH)–C–C–N with tert-alkyl or cyclic N) is 1. The molecule has 0 unspecified atom stereocenters. The van der Waals surface area contributed by atoms with Crippen molar-refractivity contribution in [2.24, 2.45) is 0 Å². The van der Waals surface area contributed by atoms with Crippen LogP contribution in [0.4, 0.5) is 0 Å². The highest BCUT2D eigenvalue weighted by Gasteiger charge is 2.37. The van der Waals surface area contributed by atoms with Crippen molar-refractivity contribution >= 4 is 5.91 Å². The molecule has 1 aliphatic heterocycles. The van der Waals surface area contributed by atoms with Gasteiger partial charge in [-0.1, -0.05) is 0 Å². The zero-order valence-electron chi connectivity index (χ0n) is 9.45. The molecule has 0 bridgehead atoms. The second-order valence-corrected chi connectivity index (χ2v) is 4.74. The van der Waals surface area contributed by atoms with Crippen molar-refractivity contribution in [3.63, 3.8) is 0 Å². The summed E-state index contributed by atoms with van der Waals surface area (Å²) in [4.78, 5) is 15.3. The maximum Gasteiger partial charge on any atom is 0.236 e. The number of likely N-dealkylation sites (N-methyl/N-ethyl adjacent to an activating group) is 1. The summed E-state index contributed by atoms with van der Waals surface area (Å²) in [6.45, 7) is 7.40. The highest BCUT2D eigenvalue weighted by Crippen LogP contribution is 2.19. The highest BCUT2D eigenvalue weighted by atomic mass is 16.3. The van der Waals surface area contributed by atoms with E-state index < -0.39 is 5.60 Å². The molecule has 0 aromatic carbocycles. The molecule has 82 valence electrons. The van der Waals surface area contributed by atoms with E-state index in [0.717, 1.165) is 0 Å². The summed E-state index contributed by atoms with van der Waals surface area (Å²) in [5.74, 6) is 0.121. The van der Waals surface area contributed by atoms with Gasteiger partial charge in [-0.3, -0.25) is 9.69 Å². The zero-order valence-corrected chi connectivity index (χ0v) is 9.45. The summed E-state index contributed by atoms with van der Waals surface area (Å²) in [5.41, 5.74) is -0.587. The van der Waals surface area contributed by atoms with Gasteiger partial charge in [0.05, 0.1) is 12.1 Å². The van der Waals surface area contributed by atoms with E-state index in [2.05, 4.69) is 0 Å². The molecule has 0 atom stereocenters. The molecule has 1 amide bonds. The number of hydrogen-bond donors (Lipinski definition) is 1. The molecule has 14 heavy (non-hydrogen) atoms. The molecule has 0 saturated carbocycles. The normalized spacial score (nSPS) is 20.7. The van der Waals surface area contributed by atoms with Crippen LogP contribution in [0.3, 0.4) is 0 Å². The number of amides is 1. The Hall–Kier alpha value is -0.610. The Balaban J connectivity index is 2.29. The lowest BCUT2D eigenvalue weighted by Gasteiger charge is -2.44. The van der Waals surface area contributed by atoms with Gasteiger partial charge in [-0.05, 0) is 20.8 Å². The Morgan fingerprint density at radius 2 is 2.07 bits per heavy atom. The SMILES string of the molecule is CC(C)N(C)C(=O)CN1CC(C)(O)C1. The first kappa shape index (κ1) is 11.5. The highest BCUT2D eigenvalue weighted by molar-refractivity contribution is 5.78. The number of rotatable bonds is 3. The van der Waals surface area contributed by atoms with E-state index >= 15 is 0 Å². The quantitative estimate of drug-likeness (QED) is 0.693. The summed E-state index contributed by atoms with van der Waals surface area (Å²) in [6.07, 6.45) is 0. The number of nitrogens with zero attached hydrogens (tertiary/aromatic N) is 2. The van der Waals surface area contributed by atoms with Crippen LogP contribution in [0.1, 0.15) is 20.8 Å². The van der Waals surface area contributed by atoms with Gasteiger partial charge in [-0.15, -0.1) is 0 Å². The van der Waals surface area contributed by atoms with E-state index in [1.807, 2.05) is 25.8 Å². The maximum atomic E-state index is 11.6. The zero-order chi connectivity index (χ0) is 10.9. The summed E-state index contributed by atoms with van der Waals surface area (Å²) in [6, 6.07) is 0.240. The van der Waals surface area contributed by atoms with E-state index in [-0.39, 0.29) is 11.9 Å². The summed E-state index contributed by atoms with van der Waals surface area (Å²) in [5, 5.41) is 9.48. The van der Waals surface area contributed by atoms with Gasteiger partial charge < -0.3 is 10.0 Å². The van der Waals surface area contributed by atoms with Crippen molar-refractivity contribution in [3.8, 4) is 0 Å². The third-order valence-electron chi connectivity index (χ3n) is 2.66. The van der Waals surface area contributed by atoms with Crippen LogP contribution in [0.5, 0.6) is 0 Å². The molecule has 0 aromatic rings. The van der Waals surface area contributed by atoms with E-state index in [1.54, 1.807) is 11.8 Å². The number of aliphatic hydroxyl groups is 1. The van der Waals surface area contributed by atoms with Crippen LogP contribution in [0.15, 0.2) is 0 Å². The third kappa shape index (κ3) is 2.69. The monoisotopic (exact) mass is 200 g/mol. The molecule has 1 rings (SSSR count). The van der Waals surface area contributed by atoms with Gasteiger partial charge in [0.1, 0.15) is 0 Å². The lowest BCUT2D eigenvalue weighted by molar-refractivity contribution is -0.139. The fourth-order valence-corrected chi connectivity index (χ4v) is 1.62. The van der Waals surface area contributed by atoms with Crippen molar-refractivity contribution in [2.75, 3.05) is 26.7 Å². The van der Waals surface area contributed by atoms with E-state index in [1.165, 1.54) is 0 Å². The van der Waals surface area contributed by atoms with E-state index in [9.17, 15) is 9.90 Å². The van der Waals surface area contributed by atoms with Crippen molar-refractivity contribution in [1.29, 1.82) is 0 Å². The van der Waals surface area contributed by atoms with Gasteiger partial charge in [-0.25, -0.2) is 0 Å². The minimum atomic E-state index is -0.587. The first-order valence-electron chi connectivity index (χ1n) is 5.02. The average molecular weight is 200 g/mol. The lowest BCUT2D eigenvalue weighted by Crippen LogP contribution is -2.61. The maximum absolute atomic E-state index is 11.6. The predicted molar refractivity (Wildman–Crippen MR) is 55.0 cm³/mol. The van der Waals surface area contributed by atoms with Crippen LogP contribution in [-0.2, 0) is 4.79 Å². The smallest absolute Gasteiger partial charge is 0.236 e. The lowest BCUT2D eigenvalue weighted by atomic mass is 9.97. The molecule has 0 aromatic heterocycles. The number of carbonyl (C=O) groups excluding carboxylic acids is 1. The Labute approximate surface area is 85.5 Å². The minimum absolute atomic E-state index is 0.121. The van der Waals surface area contributed by atoms with Crippen LogP contribution in [-0.4, -0.2) is 59.1 Å². The van der Waals surface area contributed by atoms with Gasteiger partial charge in [0, 0.05) is 26.2 Å². The molecule has 1 saturated heterocycles. The summed E-state index contributed by atoms with van der Waals surface area (Å²) in [7, 11) is 1.81. The van der Waals surface area contributed by atoms with Crippen LogP contribution >= 0.6 is 0 Å². The summed E-state index contributed by atoms with van der Waals surface area (Å²) >= 11 is 0. The van der Waals surface area contributed by atoms with Crippen LogP contribution in [0.25, 0.3) is 0 Å².